The first-order chi connectivity index (χ1) is 13.2. The Morgan fingerprint density at radius 2 is 1.93 bits per heavy atom. The summed E-state index contributed by atoms with van der Waals surface area (Å²) in [6.07, 6.45) is -5.01. The van der Waals surface area contributed by atoms with Crippen LogP contribution in [0.15, 0.2) is 42.5 Å². The van der Waals surface area contributed by atoms with E-state index in [4.69, 9.17) is 9.47 Å². The molecule has 0 saturated carbocycles. The summed E-state index contributed by atoms with van der Waals surface area (Å²) in [4.78, 5) is 24.7. The van der Waals surface area contributed by atoms with Crippen molar-refractivity contribution in [1.29, 1.82) is 0 Å². The molecule has 9 heteroatoms. The molecule has 1 aliphatic heterocycles. The number of carbonyl (C=O) groups excluding carboxylic acids is 2. The summed E-state index contributed by atoms with van der Waals surface area (Å²) >= 11 is 0. The second-order valence-corrected chi connectivity index (χ2v) is 6.13. The number of fused-ring (bicyclic) bond motifs is 1. The molecule has 0 unspecified atom stereocenters. The molecule has 2 aromatic carbocycles. The van der Waals surface area contributed by atoms with Crippen molar-refractivity contribution in [3.63, 3.8) is 0 Å². The average molecular weight is 394 g/mol. The predicted octanol–water partition coefficient (Wildman–Crippen LogP) is 3.30. The number of rotatable bonds is 5. The molecule has 2 aromatic rings. The van der Waals surface area contributed by atoms with Gasteiger partial charge in [-0.3, -0.25) is 9.59 Å². The van der Waals surface area contributed by atoms with E-state index in [1.54, 1.807) is 17.4 Å². The van der Waals surface area contributed by atoms with Gasteiger partial charge in [0.2, 0.25) is 0 Å². The lowest BCUT2D eigenvalue weighted by Gasteiger charge is -2.29. The monoisotopic (exact) mass is 394 g/mol. The van der Waals surface area contributed by atoms with Gasteiger partial charge in [-0.2, -0.15) is 13.2 Å². The predicted molar refractivity (Wildman–Crippen MR) is 95.6 cm³/mol. The summed E-state index contributed by atoms with van der Waals surface area (Å²) in [7, 11) is 0. The van der Waals surface area contributed by atoms with Gasteiger partial charge in [0.15, 0.2) is 6.61 Å². The number of ether oxygens (including phenoxy) is 2. The maximum absolute atomic E-state index is 12.4. The number of nitrogens with one attached hydrogen (secondary N) is 1. The van der Waals surface area contributed by atoms with Crippen LogP contribution in [0.4, 0.5) is 24.5 Å². The van der Waals surface area contributed by atoms with Crippen molar-refractivity contribution in [2.24, 2.45) is 0 Å². The minimum atomic E-state index is -5.01. The Morgan fingerprint density at radius 3 is 2.61 bits per heavy atom. The first-order valence-electron chi connectivity index (χ1n) is 8.39. The molecule has 28 heavy (non-hydrogen) atoms. The van der Waals surface area contributed by atoms with Crippen LogP contribution in [0, 0.1) is 6.92 Å². The molecule has 0 bridgehead atoms. The minimum Gasteiger partial charge on any atom is -0.492 e. The van der Waals surface area contributed by atoms with E-state index in [9.17, 15) is 22.8 Å². The van der Waals surface area contributed by atoms with E-state index in [0.717, 1.165) is 5.56 Å². The lowest BCUT2D eigenvalue weighted by Crippen LogP contribution is -2.41. The Labute approximate surface area is 158 Å². The summed E-state index contributed by atoms with van der Waals surface area (Å²) in [5.74, 6) is -1.48. The molecule has 1 heterocycles. The van der Waals surface area contributed by atoms with Crippen LogP contribution in [-0.2, 0) is 9.59 Å². The number of amides is 2. The van der Waals surface area contributed by atoms with E-state index in [0.29, 0.717) is 11.5 Å². The van der Waals surface area contributed by atoms with Gasteiger partial charge >= 0.3 is 12.1 Å². The molecule has 0 atom stereocenters. The SMILES string of the molecule is Cc1ccc(OCCN2C(=O)COc3ccc(NC(=O)C(F)(F)F)cc32)cc1. The highest BCUT2D eigenvalue weighted by atomic mass is 19.4. The second kappa shape index (κ2) is 7.79. The molecule has 0 fully saturated rings. The third-order valence-corrected chi connectivity index (χ3v) is 4.02. The van der Waals surface area contributed by atoms with Gasteiger partial charge in [0, 0.05) is 5.69 Å². The quantitative estimate of drug-likeness (QED) is 0.845. The van der Waals surface area contributed by atoms with E-state index in [1.807, 2.05) is 19.1 Å². The third kappa shape index (κ3) is 4.54. The molecular weight excluding hydrogens is 377 g/mol. The Hall–Kier alpha value is -3.23. The van der Waals surface area contributed by atoms with Crippen molar-refractivity contribution in [3.8, 4) is 11.5 Å². The van der Waals surface area contributed by atoms with Crippen LogP contribution in [0.5, 0.6) is 11.5 Å². The van der Waals surface area contributed by atoms with Gasteiger partial charge in [-0.15, -0.1) is 0 Å². The molecule has 1 N–H and O–H groups in total. The van der Waals surface area contributed by atoms with Gasteiger partial charge in [-0.1, -0.05) is 17.7 Å². The molecule has 6 nitrogen and oxygen atoms in total. The third-order valence-electron chi connectivity index (χ3n) is 4.02. The number of anilines is 2. The van der Waals surface area contributed by atoms with Gasteiger partial charge in [0.05, 0.1) is 12.2 Å². The molecular formula is C19H17F3N2O4. The Bertz CT molecular complexity index is 882. The molecule has 148 valence electrons. The Morgan fingerprint density at radius 1 is 1.21 bits per heavy atom. The topological polar surface area (TPSA) is 67.9 Å². The lowest BCUT2D eigenvalue weighted by atomic mass is 10.2. The number of alkyl halides is 3. The molecule has 2 amide bonds. The van der Waals surface area contributed by atoms with Gasteiger partial charge < -0.3 is 19.7 Å². The molecule has 0 aliphatic carbocycles. The number of benzene rings is 2. The smallest absolute Gasteiger partial charge is 0.471 e. The summed E-state index contributed by atoms with van der Waals surface area (Å²) in [5.41, 5.74) is 1.26. The van der Waals surface area contributed by atoms with Gasteiger partial charge in [0.25, 0.3) is 5.91 Å². The van der Waals surface area contributed by atoms with E-state index in [-0.39, 0.29) is 37.0 Å². The van der Waals surface area contributed by atoms with Crippen LogP contribution in [0.25, 0.3) is 0 Å². The van der Waals surface area contributed by atoms with Crippen molar-refractivity contribution in [2.75, 3.05) is 30.0 Å². The molecule has 0 aromatic heterocycles. The molecule has 0 spiro atoms. The minimum absolute atomic E-state index is 0.0937. The Kier molecular flexibility index (Phi) is 5.43. The van der Waals surface area contributed by atoms with E-state index in [1.165, 1.54) is 23.1 Å². The maximum atomic E-state index is 12.4. The average Bonchev–Trinajstić information content (AvgIpc) is 2.64. The van der Waals surface area contributed by atoms with Crippen molar-refractivity contribution in [2.45, 2.75) is 13.1 Å². The van der Waals surface area contributed by atoms with Gasteiger partial charge in [0.1, 0.15) is 18.1 Å². The van der Waals surface area contributed by atoms with Gasteiger partial charge in [-0.25, -0.2) is 0 Å². The van der Waals surface area contributed by atoms with Gasteiger partial charge in [-0.05, 0) is 37.3 Å². The normalized spacial score (nSPS) is 13.6. The zero-order valence-electron chi connectivity index (χ0n) is 14.9. The largest absolute Gasteiger partial charge is 0.492 e. The lowest BCUT2D eigenvalue weighted by molar-refractivity contribution is -0.167. The summed E-state index contributed by atoms with van der Waals surface area (Å²) < 4.78 is 48.3. The van der Waals surface area contributed by atoms with Crippen molar-refractivity contribution in [1.82, 2.24) is 0 Å². The van der Waals surface area contributed by atoms with Crippen LogP contribution < -0.4 is 19.7 Å². The maximum Gasteiger partial charge on any atom is 0.471 e. The number of hydrogen-bond acceptors (Lipinski definition) is 4. The second-order valence-electron chi connectivity index (χ2n) is 6.13. The van der Waals surface area contributed by atoms with Crippen LogP contribution in [-0.4, -0.2) is 37.7 Å². The van der Waals surface area contributed by atoms with E-state index >= 15 is 0 Å². The fourth-order valence-electron chi connectivity index (χ4n) is 2.62. The zero-order valence-corrected chi connectivity index (χ0v) is 14.9. The highest BCUT2D eigenvalue weighted by Crippen LogP contribution is 2.35. The number of aryl methyl sites for hydroxylation is 1. The van der Waals surface area contributed by atoms with Crippen molar-refractivity contribution >= 4 is 23.2 Å². The summed E-state index contributed by atoms with van der Waals surface area (Å²) in [6, 6.07) is 11.3. The highest BCUT2D eigenvalue weighted by Gasteiger charge is 2.39. The molecule has 0 radical (unpaired) electrons. The van der Waals surface area contributed by atoms with E-state index in [2.05, 4.69) is 0 Å². The van der Waals surface area contributed by atoms with E-state index < -0.39 is 12.1 Å². The summed E-state index contributed by atoms with van der Waals surface area (Å²) in [6.45, 7) is 2.10. The fraction of sp³-hybridized carbons (Fsp3) is 0.263. The standard InChI is InChI=1S/C19H17F3N2O4/c1-12-2-5-14(6-3-12)27-9-8-24-15-10-13(23-18(26)19(20,21)22)4-7-16(15)28-11-17(24)25/h2-7,10H,8-9,11H2,1H3,(H,23,26). The van der Waals surface area contributed by atoms with Crippen LogP contribution >= 0.6 is 0 Å². The Balaban J connectivity index is 1.72. The van der Waals surface area contributed by atoms with Crippen molar-refractivity contribution in [3.05, 3.63) is 48.0 Å². The number of nitrogens with zero attached hydrogens (tertiary/aromatic N) is 1. The number of hydrogen-bond donors (Lipinski definition) is 1. The highest BCUT2D eigenvalue weighted by molar-refractivity contribution is 6.00. The molecule has 0 saturated heterocycles. The first kappa shape index (κ1) is 19.5. The number of carbonyl (C=O) groups is 2. The molecule has 1 aliphatic rings. The molecule has 3 rings (SSSR count). The summed E-state index contributed by atoms with van der Waals surface area (Å²) in [5, 5.41) is 1.77. The van der Waals surface area contributed by atoms with Crippen LogP contribution in [0.3, 0.4) is 0 Å². The van der Waals surface area contributed by atoms with Crippen molar-refractivity contribution < 1.29 is 32.2 Å². The van der Waals surface area contributed by atoms with Crippen LogP contribution in [0.1, 0.15) is 5.56 Å². The fourth-order valence-corrected chi connectivity index (χ4v) is 2.62. The van der Waals surface area contributed by atoms with Crippen LogP contribution in [0.2, 0.25) is 0 Å². The number of halogens is 3. The zero-order chi connectivity index (χ0) is 20.3. The first-order valence-corrected chi connectivity index (χ1v) is 8.39.